The zero-order chi connectivity index (χ0) is 15.8. The van der Waals surface area contributed by atoms with Crippen molar-refractivity contribution in [1.29, 1.82) is 0 Å². The quantitative estimate of drug-likeness (QED) is 0.375. The van der Waals surface area contributed by atoms with Gasteiger partial charge in [0.05, 0.1) is 4.47 Å². The van der Waals surface area contributed by atoms with Crippen LogP contribution in [0, 0.1) is 5.21 Å². The molecule has 0 atom stereocenters. The van der Waals surface area contributed by atoms with Crippen molar-refractivity contribution in [2.45, 2.75) is 0 Å². The van der Waals surface area contributed by atoms with E-state index < -0.39 is 0 Å². The molecule has 23 heavy (non-hydrogen) atoms. The summed E-state index contributed by atoms with van der Waals surface area (Å²) in [4.78, 5) is 0. The maximum absolute atomic E-state index is 12.9. The van der Waals surface area contributed by atoms with Gasteiger partial charge < -0.3 is 5.21 Å². The predicted octanol–water partition coefficient (Wildman–Crippen LogP) is 4.67. The van der Waals surface area contributed by atoms with Crippen LogP contribution in [0.5, 0.6) is 0 Å². The van der Waals surface area contributed by atoms with Crippen molar-refractivity contribution in [3.63, 3.8) is 0 Å². The van der Waals surface area contributed by atoms with E-state index in [1.54, 1.807) is 0 Å². The highest BCUT2D eigenvalue weighted by Crippen LogP contribution is 2.31. The number of halogens is 1. The molecule has 0 saturated heterocycles. The van der Waals surface area contributed by atoms with Crippen LogP contribution in [0.15, 0.2) is 83.5 Å². The molecule has 0 spiro atoms. The third-order valence-corrected chi connectivity index (χ3v) is 4.33. The van der Waals surface area contributed by atoms with E-state index >= 15 is 0 Å². The standard InChI is InChI=1S/C19H13BrN2O/c20-16-11-12-17-21(13-16)18(14-7-3-1-4-8-14)19(22(17)23)15-9-5-2-6-10-15/h1-13H. The largest absolute Gasteiger partial charge is 0.710 e. The molecule has 4 heteroatoms. The Morgan fingerprint density at radius 1 is 0.783 bits per heavy atom. The first kappa shape index (κ1) is 14.0. The van der Waals surface area contributed by atoms with Gasteiger partial charge in [0, 0.05) is 17.2 Å². The number of pyridine rings is 1. The predicted molar refractivity (Wildman–Crippen MR) is 94.9 cm³/mol. The van der Waals surface area contributed by atoms with Gasteiger partial charge in [0.15, 0.2) is 11.4 Å². The lowest BCUT2D eigenvalue weighted by atomic mass is 10.0. The molecule has 4 aromatic rings. The number of imidazole rings is 1. The number of benzene rings is 2. The van der Waals surface area contributed by atoms with Crippen LogP contribution in [0.2, 0.25) is 0 Å². The van der Waals surface area contributed by atoms with E-state index in [9.17, 15) is 5.21 Å². The SMILES string of the molecule is [O-][n+]1c(-c2ccccc2)c(-c2ccccc2)n2cc(Br)ccc21. The summed E-state index contributed by atoms with van der Waals surface area (Å²) in [6, 6.07) is 23.5. The van der Waals surface area contributed by atoms with Gasteiger partial charge in [0.1, 0.15) is 6.20 Å². The van der Waals surface area contributed by atoms with E-state index in [0.717, 1.165) is 26.0 Å². The average Bonchev–Trinajstić information content (AvgIpc) is 2.88. The van der Waals surface area contributed by atoms with Crippen LogP contribution in [-0.4, -0.2) is 4.40 Å². The van der Waals surface area contributed by atoms with Crippen molar-refractivity contribution in [3.05, 3.63) is 88.7 Å². The minimum atomic E-state index is 0.603. The normalized spacial score (nSPS) is 11.0. The summed E-state index contributed by atoms with van der Waals surface area (Å²) in [6.45, 7) is 0. The highest BCUT2D eigenvalue weighted by molar-refractivity contribution is 9.10. The maximum Gasteiger partial charge on any atom is 0.290 e. The lowest BCUT2D eigenvalue weighted by Crippen LogP contribution is -2.27. The molecule has 0 aliphatic carbocycles. The molecule has 4 rings (SSSR count). The van der Waals surface area contributed by atoms with Crippen molar-refractivity contribution in [2.75, 3.05) is 0 Å². The summed E-state index contributed by atoms with van der Waals surface area (Å²) in [5, 5.41) is 12.9. The Labute approximate surface area is 142 Å². The molecule has 3 nitrogen and oxygen atoms in total. The van der Waals surface area contributed by atoms with Crippen LogP contribution in [-0.2, 0) is 0 Å². The van der Waals surface area contributed by atoms with E-state index in [1.165, 1.54) is 0 Å². The van der Waals surface area contributed by atoms with Gasteiger partial charge >= 0.3 is 0 Å². The number of fused-ring (bicyclic) bond motifs is 1. The molecule has 0 amide bonds. The number of aromatic nitrogens is 2. The van der Waals surface area contributed by atoms with Crippen LogP contribution in [0.4, 0.5) is 0 Å². The number of nitrogens with zero attached hydrogens (tertiary/aromatic N) is 2. The second kappa shape index (κ2) is 5.56. The van der Waals surface area contributed by atoms with E-state index in [2.05, 4.69) is 15.9 Å². The van der Waals surface area contributed by atoms with Gasteiger partial charge in [-0.15, -0.1) is 0 Å². The Hall–Kier alpha value is -2.59. The van der Waals surface area contributed by atoms with E-state index in [4.69, 9.17) is 0 Å². The summed E-state index contributed by atoms with van der Waals surface area (Å²) in [5.41, 5.74) is 4.07. The van der Waals surface area contributed by atoms with Crippen molar-refractivity contribution in [3.8, 4) is 22.5 Å². The monoisotopic (exact) mass is 364 g/mol. The van der Waals surface area contributed by atoms with Crippen molar-refractivity contribution >= 4 is 21.6 Å². The molecule has 0 bridgehead atoms. The Balaban J connectivity index is 2.15. The van der Waals surface area contributed by atoms with E-state index in [1.807, 2.05) is 83.4 Å². The summed E-state index contributed by atoms with van der Waals surface area (Å²) in [6.07, 6.45) is 1.93. The highest BCUT2D eigenvalue weighted by Gasteiger charge is 2.24. The molecule has 0 aliphatic rings. The van der Waals surface area contributed by atoms with Crippen LogP contribution in [0.25, 0.3) is 28.2 Å². The summed E-state index contributed by atoms with van der Waals surface area (Å²) < 4.78 is 3.87. The number of rotatable bonds is 2. The molecule has 2 aromatic carbocycles. The molecule has 112 valence electrons. The van der Waals surface area contributed by atoms with Crippen molar-refractivity contribution < 1.29 is 4.73 Å². The first-order chi connectivity index (χ1) is 11.3. The van der Waals surface area contributed by atoms with Crippen LogP contribution >= 0.6 is 15.9 Å². The molecule has 0 radical (unpaired) electrons. The van der Waals surface area contributed by atoms with Crippen LogP contribution in [0.3, 0.4) is 0 Å². The lowest BCUT2D eigenvalue weighted by molar-refractivity contribution is -0.564. The minimum Gasteiger partial charge on any atom is -0.710 e. The first-order valence-corrected chi connectivity index (χ1v) is 8.09. The fourth-order valence-electron chi connectivity index (χ4n) is 2.86. The smallest absolute Gasteiger partial charge is 0.290 e. The molecule has 2 heterocycles. The summed E-state index contributed by atoms with van der Waals surface area (Å²) in [5.74, 6) is 0. The Morgan fingerprint density at radius 2 is 1.39 bits per heavy atom. The number of hydrogen-bond acceptors (Lipinski definition) is 1. The van der Waals surface area contributed by atoms with Gasteiger partial charge in [0.25, 0.3) is 5.65 Å². The minimum absolute atomic E-state index is 0.603. The molecule has 0 fully saturated rings. The van der Waals surface area contributed by atoms with E-state index in [0.29, 0.717) is 11.3 Å². The van der Waals surface area contributed by atoms with Gasteiger partial charge in [-0.2, -0.15) is 4.40 Å². The van der Waals surface area contributed by atoms with Crippen molar-refractivity contribution in [1.82, 2.24) is 4.40 Å². The summed E-state index contributed by atoms with van der Waals surface area (Å²) >= 11 is 3.50. The molecule has 0 unspecified atom stereocenters. The topological polar surface area (TPSA) is 31.3 Å². The Bertz CT molecular complexity index is 979. The van der Waals surface area contributed by atoms with Gasteiger partial charge in [-0.3, -0.25) is 0 Å². The third kappa shape index (κ3) is 2.32. The second-order valence-corrected chi connectivity index (χ2v) is 6.21. The molecule has 0 N–H and O–H groups in total. The zero-order valence-corrected chi connectivity index (χ0v) is 13.8. The fraction of sp³-hybridized carbons (Fsp3) is 0. The average molecular weight is 365 g/mol. The number of hydrogen-bond donors (Lipinski definition) is 0. The second-order valence-electron chi connectivity index (χ2n) is 5.30. The third-order valence-electron chi connectivity index (χ3n) is 3.86. The molecular formula is C19H13BrN2O. The van der Waals surface area contributed by atoms with Gasteiger partial charge in [-0.1, -0.05) is 60.7 Å². The lowest BCUT2D eigenvalue weighted by Gasteiger charge is -2.05. The van der Waals surface area contributed by atoms with E-state index in [-0.39, 0.29) is 0 Å². The summed E-state index contributed by atoms with van der Waals surface area (Å²) in [7, 11) is 0. The van der Waals surface area contributed by atoms with Gasteiger partial charge in [0.2, 0.25) is 0 Å². The molecule has 0 saturated carbocycles. The Kier molecular flexibility index (Phi) is 3.39. The first-order valence-electron chi connectivity index (χ1n) is 7.29. The van der Waals surface area contributed by atoms with Crippen molar-refractivity contribution in [2.24, 2.45) is 0 Å². The molecule has 2 aromatic heterocycles. The van der Waals surface area contributed by atoms with Crippen LogP contribution in [0.1, 0.15) is 0 Å². The Morgan fingerprint density at radius 3 is 2.04 bits per heavy atom. The molecular weight excluding hydrogens is 352 g/mol. The fourth-order valence-corrected chi connectivity index (χ4v) is 3.20. The maximum atomic E-state index is 12.9. The van der Waals surface area contributed by atoms with Crippen LogP contribution < -0.4 is 4.73 Å². The zero-order valence-electron chi connectivity index (χ0n) is 12.2. The molecule has 0 aliphatic heterocycles. The van der Waals surface area contributed by atoms with Gasteiger partial charge in [-0.05, 0) is 22.0 Å². The highest BCUT2D eigenvalue weighted by atomic mass is 79.9. The van der Waals surface area contributed by atoms with Gasteiger partial charge in [-0.25, -0.2) is 4.73 Å².